The van der Waals surface area contributed by atoms with Crippen molar-refractivity contribution in [3.8, 4) is 5.75 Å². The van der Waals surface area contributed by atoms with E-state index < -0.39 is 11.7 Å². The van der Waals surface area contributed by atoms with Gasteiger partial charge in [0.15, 0.2) is 0 Å². The first-order chi connectivity index (χ1) is 10.7. The normalized spacial score (nSPS) is 10.5. The van der Waals surface area contributed by atoms with Crippen LogP contribution in [0.5, 0.6) is 5.75 Å². The Morgan fingerprint density at radius 1 is 1.09 bits per heavy atom. The summed E-state index contributed by atoms with van der Waals surface area (Å²) in [4.78, 5) is 16.6. The molecule has 3 rings (SSSR count). The highest BCUT2D eigenvalue weighted by Gasteiger charge is 2.18. The molecular weight excluding hydrogens is 283 g/mol. The van der Waals surface area contributed by atoms with Crippen molar-refractivity contribution >= 4 is 22.6 Å². The number of nitrogens with one attached hydrogen (secondary N) is 1. The molecule has 3 aromatic rings. The molecule has 0 aliphatic carbocycles. The molecule has 5 heteroatoms. The molecular formula is C17H13FN2O2. The molecule has 4 nitrogen and oxygen atoms in total. The lowest BCUT2D eigenvalue weighted by Crippen LogP contribution is -2.16. The number of carbonyl (C=O) groups excluding carboxylic acids is 1. The Hall–Kier alpha value is -2.95. The van der Waals surface area contributed by atoms with E-state index in [1.54, 1.807) is 6.07 Å². The number of halogens is 1. The summed E-state index contributed by atoms with van der Waals surface area (Å²) in [6.07, 6.45) is 0. The van der Waals surface area contributed by atoms with Crippen LogP contribution in [-0.2, 0) is 0 Å². The maximum absolute atomic E-state index is 13.9. The molecule has 0 aliphatic rings. The zero-order valence-corrected chi connectivity index (χ0v) is 11.8. The molecule has 1 aromatic heterocycles. The molecule has 0 unspecified atom stereocenters. The molecule has 0 spiro atoms. The molecule has 22 heavy (non-hydrogen) atoms. The minimum absolute atomic E-state index is 0.139. The zero-order valence-electron chi connectivity index (χ0n) is 11.8. The lowest BCUT2D eigenvalue weighted by Gasteiger charge is -2.10. The van der Waals surface area contributed by atoms with Gasteiger partial charge in [-0.15, -0.1) is 0 Å². The van der Waals surface area contributed by atoms with Gasteiger partial charge in [-0.25, -0.2) is 9.37 Å². The van der Waals surface area contributed by atoms with Crippen molar-refractivity contribution in [3.63, 3.8) is 0 Å². The molecule has 0 atom stereocenters. The highest BCUT2D eigenvalue weighted by molar-refractivity contribution is 6.06. The van der Waals surface area contributed by atoms with Gasteiger partial charge >= 0.3 is 0 Å². The first kappa shape index (κ1) is 14.0. The third kappa shape index (κ3) is 2.61. The molecule has 0 bridgehead atoms. The van der Waals surface area contributed by atoms with Crippen LogP contribution in [0.3, 0.4) is 0 Å². The second kappa shape index (κ2) is 5.81. The maximum atomic E-state index is 13.9. The van der Waals surface area contributed by atoms with E-state index in [-0.39, 0.29) is 11.3 Å². The van der Waals surface area contributed by atoms with Gasteiger partial charge in [-0.05, 0) is 30.3 Å². The van der Waals surface area contributed by atoms with Gasteiger partial charge in [0, 0.05) is 5.39 Å². The quantitative estimate of drug-likeness (QED) is 0.803. The van der Waals surface area contributed by atoms with Gasteiger partial charge < -0.3 is 10.1 Å². The standard InChI is InChI=1S/C17H13FN2O2/c1-22-14-8-4-6-12(18)16(14)17(21)20-15-10-9-11-5-2-3-7-13(11)19-15/h2-10H,1H3,(H,19,20,21). The molecule has 0 radical (unpaired) electrons. The minimum Gasteiger partial charge on any atom is -0.496 e. The number of methoxy groups -OCH3 is 1. The fraction of sp³-hybridized carbons (Fsp3) is 0.0588. The number of hydrogen-bond donors (Lipinski definition) is 1. The van der Waals surface area contributed by atoms with E-state index in [4.69, 9.17) is 4.74 Å². The number of para-hydroxylation sites is 1. The second-order valence-corrected chi connectivity index (χ2v) is 4.66. The van der Waals surface area contributed by atoms with Crippen molar-refractivity contribution in [1.29, 1.82) is 0 Å². The highest BCUT2D eigenvalue weighted by Crippen LogP contribution is 2.22. The van der Waals surface area contributed by atoms with Crippen LogP contribution in [0.1, 0.15) is 10.4 Å². The summed E-state index contributed by atoms with van der Waals surface area (Å²) in [6.45, 7) is 0. The number of ether oxygens (including phenoxy) is 1. The summed E-state index contributed by atoms with van der Waals surface area (Å²) in [5, 5.41) is 3.56. The van der Waals surface area contributed by atoms with E-state index in [2.05, 4.69) is 10.3 Å². The van der Waals surface area contributed by atoms with E-state index in [1.165, 1.54) is 25.3 Å². The molecule has 1 N–H and O–H groups in total. The molecule has 0 aliphatic heterocycles. The van der Waals surface area contributed by atoms with Crippen molar-refractivity contribution in [2.75, 3.05) is 12.4 Å². The van der Waals surface area contributed by atoms with E-state index in [0.29, 0.717) is 5.82 Å². The largest absolute Gasteiger partial charge is 0.496 e. The first-order valence-electron chi connectivity index (χ1n) is 6.68. The van der Waals surface area contributed by atoms with E-state index in [1.807, 2.05) is 30.3 Å². The fourth-order valence-electron chi connectivity index (χ4n) is 2.21. The van der Waals surface area contributed by atoms with Gasteiger partial charge in [0.2, 0.25) is 0 Å². The number of benzene rings is 2. The van der Waals surface area contributed by atoms with Crippen LogP contribution in [0, 0.1) is 5.82 Å². The average Bonchev–Trinajstić information content (AvgIpc) is 2.54. The summed E-state index contributed by atoms with van der Waals surface area (Å²) in [6, 6.07) is 15.3. The van der Waals surface area contributed by atoms with Gasteiger partial charge in [0.25, 0.3) is 5.91 Å². The lowest BCUT2D eigenvalue weighted by atomic mass is 10.1. The molecule has 110 valence electrons. The van der Waals surface area contributed by atoms with Crippen molar-refractivity contribution < 1.29 is 13.9 Å². The molecule has 0 saturated heterocycles. The van der Waals surface area contributed by atoms with Crippen molar-refractivity contribution in [2.45, 2.75) is 0 Å². The monoisotopic (exact) mass is 296 g/mol. The predicted molar refractivity (Wildman–Crippen MR) is 82.6 cm³/mol. The fourth-order valence-corrected chi connectivity index (χ4v) is 2.21. The number of pyridine rings is 1. The maximum Gasteiger partial charge on any atom is 0.263 e. The van der Waals surface area contributed by atoms with E-state index in [0.717, 1.165) is 10.9 Å². The molecule has 0 fully saturated rings. The number of anilines is 1. The summed E-state index contributed by atoms with van der Waals surface area (Å²) in [7, 11) is 1.39. The van der Waals surface area contributed by atoms with Crippen LogP contribution < -0.4 is 10.1 Å². The Kier molecular flexibility index (Phi) is 3.70. The summed E-state index contributed by atoms with van der Waals surface area (Å²) in [5.41, 5.74) is 0.612. The van der Waals surface area contributed by atoms with E-state index >= 15 is 0 Å². The molecule has 1 heterocycles. The second-order valence-electron chi connectivity index (χ2n) is 4.66. The topological polar surface area (TPSA) is 51.2 Å². The SMILES string of the molecule is COc1cccc(F)c1C(=O)Nc1ccc2ccccc2n1. The smallest absolute Gasteiger partial charge is 0.263 e. The zero-order chi connectivity index (χ0) is 15.5. The third-order valence-corrected chi connectivity index (χ3v) is 3.26. The van der Waals surface area contributed by atoms with Gasteiger partial charge in [-0.1, -0.05) is 24.3 Å². The molecule has 1 amide bonds. The third-order valence-electron chi connectivity index (χ3n) is 3.26. The molecule has 0 saturated carbocycles. The number of aromatic nitrogens is 1. The Balaban J connectivity index is 1.93. The van der Waals surface area contributed by atoms with Gasteiger partial charge in [0.1, 0.15) is 22.9 Å². The van der Waals surface area contributed by atoms with Gasteiger partial charge in [0.05, 0.1) is 12.6 Å². The Morgan fingerprint density at radius 3 is 2.73 bits per heavy atom. The Bertz CT molecular complexity index is 849. The van der Waals surface area contributed by atoms with Crippen molar-refractivity contribution in [3.05, 3.63) is 66.0 Å². The molecule has 2 aromatic carbocycles. The van der Waals surface area contributed by atoms with Crippen LogP contribution in [0.2, 0.25) is 0 Å². The van der Waals surface area contributed by atoms with Crippen LogP contribution in [0.25, 0.3) is 10.9 Å². The van der Waals surface area contributed by atoms with E-state index in [9.17, 15) is 9.18 Å². The Labute approximate surface area is 126 Å². The number of rotatable bonds is 3. The van der Waals surface area contributed by atoms with Crippen molar-refractivity contribution in [2.24, 2.45) is 0 Å². The van der Waals surface area contributed by atoms with Gasteiger partial charge in [-0.3, -0.25) is 4.79 Å². The summed E-state index contributed by atoms with van der Waals surface area (Å²) in [5.74, 6) is -0.706. The number of amides is 1. The van der Waals surface area contributed by atoms with Crippen LogP contribution in [0.4, 0.5) is 10.2 Å². The average molecular weight is 296 g/mol. The summed E-state index contributed by atoms with van der Waals surface area (Å²) >= 11 is 0. The van der Waals surface area contributed by atoms with Crippen LogP contribution in [-0.4, -0.2) is 18.0 Å². The number of carbonyl (C=O) groups is 1. The Morgan fingerprint density at radius 2 is 1.91 bits per heavy atom. The number of hydrogen-bond acceptors (Lipinski definition) is 3. The van der Waals surface area contributed by atoms with Crippen LogP contribution >= 0.6 is 0 Å². The predicted octanol–water partition coefficient (Wildman–Crippen LogP) is 3.63. The number of nitrogens with zero attached hydrogens (tertiary/aromatic N) is 1. The highest BCUT2D eigenvalue weighted by atomic mass is 19.1. The minimum atomic E-state index is -0.641. The van der Waals surface area contributed by atoms with Crippen molar-refractivity contribution in [1.82, 2.24) is 4.98 Å². The van der Waals surface area contributed by atoms with Gasteiger partial charge in [-0.2, -0.15) is 0 Å². The first-order valence-corrected chi connectivity index (χ1v) is 6.68. The van der Waals surface area contributed by atoms with Crippen LogP contribution in [0.15, 0.2) is 54.6 Å². The summed E-state index contributed by atoms with van der Waals surface area (Å²) < 4.78 is 18.9. The number of fused-ring (bicyclic) bond motifs is 1. The lowest BCUT2D eigenvalue weighted by molar-refractivity contribution is 0.101.